The van der Waals surface area contributed by atoms with Crippen LogP contribution in [0.15, 0.2) is 72.8 Å². The number of para-hydroxylation sites is 2. The summed E-state index contributed by atoms with van der Waals surface area (Å²) >= 11 is 0. The second kappa shape index (κ2) is 10.5. The topological polar surface area (TPSA) is 87.5 Å². The van der Waals surface area contributed by atoms with E-state index in [0.717, 1.165) is 0 Å². The van der Waals surface area contributed by atoms with Gasteiger partial charge in [0.2, 0.25) is 11.8 Å². The molecule has 3 aromatic rings. The van der Waals surface area contributed by atoms with Gasteiger partial charge in [-0.1, -0.05) is 24.3 Å². The Morgan fingerprint density at radius 3 is 2.46 bits per heavy atom. The predicted octanol–water partition coefficient (Wildman–Crippen LogP) is 4.48. The molecule has 2 unspecified atom stereocenters. The summed E-state index contributed by atoms with van der Waals surface area (Å²) < 4.78 is 28.3. The fraction of sp³-hybridized carbons (Fsp3) is 0.185. The number of likely N-dealkylation sites (tertiary alicyclic amines) is 1. The van der Waals surface area contributed by atoms with Crippen molar-refractivity contribution in [3.63, 3.8) is 0 Å². The number of nitrogens with zero attached hydrogens (tertiary/aromatic N) is 1. The Morgan fingerprint density at radius 2 is 1.74 bits per heavy atom. The molecule has 2 atom stereocenters. The van der Waals surface area contributed by atoms with Gasteiger partial charge >= 0.3 is 0 Å². The van der Waals surface area contributed by atoms with E-state index in [0.29, 0.717) is 41.3 Å². The number of nitrogens with one attached hydrogen (secondary N) is 2. The minimum absolute atomic E-state index is 0.244. The maximum Gasteiger partial charge on any atom is 0.248 e. The number of hydrogen-bond donors (Lipinski definition) is 3. The van der Waals surface area contributed by atoms with Crippen molar-refractivity contribution >= 4 is 35.0 Å². The van der Waals surface area contributed by atoms with Crippen LogP contribution in [0.5, 0.6) is 0 Å². The average Bonchev–Trinajstić information content (AvgIpc) is 3.22. The van der Waals surface area contributed by atoms with Crippen molar-refractivity contribution in [3.05, 3.63) is 95.6 Å². The Kier molecular flexibility index (Phi) is 7.22. The van der Waals surface area contributed by atoms with Gasteiger partial charge in [-0.25, -0.2) is 8.78 Å². The van der Waals surface area contributed by atoms with Crippen LogP contribution in [0.3, 0.4) is 0 Å². The molecular formula is C27H26F2N4O2. The van der Waals surface area contributed by atoms with Gasteiger partial charge < -0.3 is 21.3 Å². The molecule has 0 spiro atoms. The molecule has 8 heteroatoms. The third kappa shape index (κ3) is 5.91. The highest BCUT2D eigenvalue weighted by molar-refractivity contribution is 6.03. The van der Waals surface area contributed by atoms with Gasteiger partial charge in [0.05, 0.1) is 17.3 Å². The third-order valence-corrected chi connectivity index (χ3v) is 6.02. The van der Waals surface area contributed by atoms with E-state index in [9.17, 15) is 14.0 Å². The summed E-state index contributed by atoms with van der Waals surface area (Å²) in [6.45, 7) is 0.996. The highest BCUT2D eigenvalue weighted by atomic mass is 19.1. The van der Waals surface area contributed by atoms with E-state index in [-0.39, 0.29) is 23.5 Å². The lowest BCUT2D eigenvalue weighted by Gasteiger charge is -2.19. The molecular weight excluding hydrogens is 450 g/mol. The van der Waals surface area contributed by atoms with Crippen molar-refractivity contribution in [2.75, 3.05) is 36.5 Å². The van der Waals surface area contributed by atoms with Crippen molar-refractivity contribution < 1.29 is 18.4 Å². The summed E-state index contributed by atoms with van der Waals surface area (Å²) in [4.78, 5) is 27.1. The number of nitrogen functional groups attached to an aromatic ring is 1. The summed E-state index contributed by atoms with van der Waals surface area (Å²) in [6.07, 6.45) is 2.82. The van der Waals surface area contributed by atoms with Crippen molar-refractivity contribution in [1.82, 2.24) is 4.90 Å². The van der Waals surface area contributed by atoms with Gasteiger partial charge in [0.15, 0.2) is 0 Å². The number of amides is 2. The summed E-state index contributed by atoms with van der Waals surface area (Å²) in [7, 11) is 1.88. The summed E-state index contributed by atoms with van der Waals surface area (Å²) in [5, 5.41) is 5.48. The molecule has 1 saturated heterocycles. The first kappa shape index (κ1) is 24.1. The monoisotopic (exact) mass is 476 g/mol. The van der Waals surface area contributed by atoms with E-state index < -0.39 is 11.7 Å². The van der Waals surface area contributed by atoms with Gasteiger partial charge in [0, 0.05) is 30.8 Å². The van der Waals surface area contributed by atoms with Crippen LogP contribution in [0.2, 0.25) is 0 Å². The Labute approximate surface area is 202 Å². The molecule has 4 rings (SSSR count). The number of rotatable bonds is 6. The molecule has 0 aliphatic carbocycles. The van der Waals surface area contributed by atoms with E-state index in [1.807, 2.05) is 11.9 Å². The van der Waals surface area contributed by atoms with Crippen LogP contribution in [0.25, 0.3) is 6.08 Å². The van der Waals surface area contributed by atoms with Gasteiger partial charge in [-0.05, 0) is 66.7 Å². The van der Waals surface area contributed by atoms with E-state index in [1.54, 1.807) is 36.4 Å². The molecule has 0 radical (unpaired) electrons. The molecule has 6 nitrogen and oxygen atoms in total. The van der Waals surface area contributed by atoms with Crippen LogP contribution >= 0.6 is 0 Å². The van der Waals surface area contributed by atoms with Crippen LogP contribution in [-0.2, 0) is 9.59 Å². The summed E-state index contributed by atoms with van der Waals surface area (Å²) in [5.74, 6) is -2.28. The lowest BCUT2D eigenvalue weighted by Crippen LogP contribution is -2.28. The molecule has 1 heterocycles. The smallest absolute Gasteiger partial charge is 0.248 e. The Hall–Kier alpha value is -4.04. The highest BCUT2D eigenvalue weighted by Gasteiger charge is 2.38. The Bertz CT molecular complexity index is 1260. The number of anilines is 3. The van der Waals surface area contributed by atoms with E-state index >= 15 is 4.39 Å². The van der Waals surface area contributed by atoms with Crippen LogP contribution in [-0.4, -0.2) is 36.9 Å². The Morgan fingerprint density at radius 1 is 1.00 bits per heavy atom. The van der Waals surface area contributed by atoms with Crippen LogP contribution in [0.4, 0.5) is 25.8 Å². The zero-order valence-corrected chi connectivity index (χ0v) is 19.2. The maximum absolute atomic E-state index is 15.1. The molecule has 35 heavy (non-hydrogen) atoms. The molecule has 2 amide bonds. The molecule has 1 aliphatic heterocycles. The zero-order valence-electron chi connectivity index (χ0n) is 19.2. The Balaban J connectivity index is 1.45. The number of carbonyl (C=O) groups excluding carboxylic acids is 2. The lowest BCUT2D eigenvalue weighted by atomic mass is 9.87. The molecule has 1 fully saturated rings. The SMILES string of the molecule is CN1CC(C(=O)Nc2ccc(F)cc2)C(c2ccc(/C=C/C(=O)Nc3ccccc3N)cc2F)C1. The molecule has 0 saturated carbocycles. The number of carbonyl (C=O) groups is 2. The fourth-order valence-electron chi connectivity index (χ4n) is 4.25. The second-order valence-electron chi connectivity index (χ2n) is 8.62. The number of nitrogens with two attached hydrogens (primary N) is 1. The standard InChI is InChI=1S/C27H26F2N4O2/c1-33-15-21(22(16-33)27(35)31-19-10-8-18(28)9-11-19)20-12-6-17(14-23(20)29)7-13-26(34)32-25-5-3-2-4-24(25)30/h2-14,21-22H,15-16,30H2,1H3,(H,31,35)(H,32,34)/b13-7+. The quantitative estimate of drug-likeness (QED) is 0.362. The number of hydrogen-bond acceptors (Lipinski definition) is 4. The van der Waals surface area contributed by atoms with Gasteiger partial charge in [-0.2, -0.15) is 0 Å². The predicted molar refractivity (Wildman–Crippen MR) is 134 cm³/mol. The maximum atomic E-state index is 15.1. The van der Waals surface area contributed by atoms with Gasteiger partial charge in [-0.3, -0.25) is 9.59 Å². The van der Waals surface area contributed by atoms with Gasteiger partial charge in [0.25, 0.3) is 0 Å². The van der Waals surface area contributed by atoms with Gasteiger partial charge in [-0.15, -0.1) is 0 Å². The summed E-state index contributed by atoms with van der Waals surface area (Å²) in [5.41, 5.74) is 8.22. The number of benzene rings is 3. The fourth-order valence-corrected chi connectivity index (χ4v) is 4.25. The number of likely N-dealkylation sites (N-methyl/N-ethyl adjacent to an activating group) is 1. The largest absolute Gasteiger partial charge is 0.397 e. The molecule has 3 aromatic carbocycles. The van der Waals surface area contributed by atoms with Crippen LogP contribution < -0.4 is 16.4 Å². The molecule has 0 bridgehead atoms. The summed E-state index contributed by atoms with van der Waals surface area (Å²) in [6, 6.07) is 17.2. The first-order valence-electron chi connectivity index (χ1n) is 11.2. The van der Waals surface area contributed by atoms with Crippen LogP contribution in [0.1, 0.15) is 17.0 Å². The minimum atomic E-state index is -0.469. The third-order valence-electron chi connectivity index (χ3n) is 6.02. The first-order chi connectivity index (χ1) is 16.8. The van der Waals surface area contributed by atoms with Crippen molar-refractivity contribution in [2.45, 2.75) is 5.92 Å². The van der Waals surface area contributed by atoms with Crippen molar-refractivity contribution in [1.29, 1.82) is 0 Å². The number of halogens is 2. The molecule has 1 aliphatic rings. The van der Waals surface area contributed by atoms with Gasteiger partial charge in [0.1, 0.15) is 11.6 Å². The molecule has 180 valence electrons. The van der Waals surface area contributed by atoms with Crippen LogP contribution in [0, 0.1) is 17.6 Å². The lowest BCUT2D eigenvalue weighted by molar-refractivity contribution is -0.119. The normalized spacial score (nSPS) is 18.0. The molecule has 4 N–H and O–H groups in total. The van der Waals surface area contributed by atoms with Crippen molar-refractivity contribution in [2.24, 2.45) is 5.92 Å². The van der Waals surface area contributed by atoms with E-state index in [1.165, 1.54) is 42.5 Å². The first-order valence-corrected chi connectivity index (χ1v) is 11.2. The van der Waals surface area contributed by atoms with E-state index in [4.69, 9.17) is 5.73 Å². The molecule has 0 aromatic heterocycles. The van der Waals surface area contributed by atoms with E-state index in [2.05, 4.69) is 10.6 Å². The average molecular weight is 477 g/mol. The highest BCUT2D eigenvalue weighted by Crippen LogP contribution is 2.34. The zero-order chi connectivity index (χ0) is 24.9. The minimum Gasteiger partial charge on any atom is -0.397 e. The van der Waals surface area contributed by atoms with Crippen molar-refractivity contribution in [3.8, 4) is 0 Å². The second-order valence-corrected chi connectivity index (χ2v) is 8.62.